The first-order valence-corrected chi connectivity index (χ1v) is 5.41. The molecule has 0 unspecified atom stereocenters. The number of methoxy groups -OCH3 is 1. The molecule has 0 aromatic heterocycles. The number of nitrogens with one attached hydrogen (secondary N) is 2. The van der Waals surface area contributed by atoms with Crippen LogP contribution in [0.25, 0.3) is 0 Å². The number of hydrogen-bond acceptors (Lipinski definition) is 8. The fourth-order valence-electron chi connectivity index (χ4n) is 0.785. The highest BCUT2D eigenvalue weighted by atomic mass is 16.7. The van der Waals surface area contributed by atoms with E-state index in [0.29, 0.717) is 0 Å². The molecule has 0 rings (SSSR count). The number of alkyl carbamates (subject to hydrolysis) is 1. The molecule has 0 aliphatic rings. The standard InChI is InChI=1S/C10H16N2O8/c1-7(13)11-4-12-10(16)20-6-19-9(15)3-8(14)18-5-17-2/h3-6H2,1-2H3,(H,11,13)(H,12,16). The summed E-state index contributed by atoms with van der Waals surface area (Å²) in [6.45, 7) is 0.222. The van der Waals surface area contributed by atoms with Crippen molar-refractivity contribution >= 4 is 23.9 Å². The number of rotatable bonds is 8. The highest BCUT2D eigenvalue weighted by molar-refractivity contribution is 5.91. The topological polar surface area (TPSA) is 129 Å². The van der Waals surface area contributed by atoms with E-state index < -0.39 is 31.2 Å². The minimum Gasteiger partial charge on any atom is -0.438 e. The van der Waals surface area contributed by atoms with E-state index in [9.17, 15) is 19.2 Å². The van der Waals surface area contributed by atoms with Gasteiger partial charge in [-0.1, -0.05) is 0 Å². The van der Waals surface area contributed by atoms with Crippen LogP contribution in [0, 0.1) is 0 Å². The van der Waals surface area contributed by atoms with Crippen LogP contribution in [0.1, 0.15) is 13.3 Å². The van der Waals surface area contributed by atoms with Crippen LogP contribution in [0.15, 0.2) is 0 Å². The van der Waals surface area contributed by atoms with Gasteiger partial charge in [0.2, 0.25) is 12.7 Å². The van der Waals surface area contributed by atoms with E-state index in [-0.39, 0.29) is 19.4 Å². The molecule has 0 fully saturated rings. The second-order valence-corrected chi connectivity index (χ2v) is 3.25. The number of amides is 2. The first kappa shape index (κ1) is 17.6. The number of carbonyl (C=O) groups excluding carboxylic acids is 4. The van der Waals surface area contributed by atoms with Crippen LogP contribution in [0.2, 0.25) is 0 Å². The zero-order valence-electron chi connectivity index (χ0n) is 11.1. The molecule has 114 valence electrons. The first-order valence-electron chi connectivity index (χ1n) is 5.41. The Labute approximate surface area is 114 Å². The van der Waals surface area contributed by atoms with Crippen molar-refractivity contribution in [2.45, 2.75) is 13.3 Å². The predicted octanol–water partition coefficient (Wildman–Crippen LogP) is -1.16. The SMILES string of the molecule is COCOC(=O)CC(=O)OCOC(=O)NCNC(C)=O. The van der Waals surface area contributed by atoms with Crippen LogP contribution in [0.4, 0.5) is 4.79 Å². The maximum absolute atomic E-state index is 11.1. The average Bonchev–Trinajstić information content (AvgIpc) is 2.35. The third-order valence-corrected chi connectivity index (χ3v) is 1.61. The van der Waals surface area contributed by atoms with Crippen LogP contribution in [0.3, 0.4) is 0 Å². The largest absolute Gasteiger partial charge is 0.438 e. The first-order chi connectivity index (χ1) is 9.45. The number of hydrogen-bond donors (Lipinski definition) is 2. The van der Waals surface area contributed by atoms with Crippen LogP contribution >= 0.6 is 0 Å². The van der Waals surface area contributed by atoms with Crippen molar-refractivity contribution in [2.24, 2.45) is 0 Å². The van der Waals surface area contributed by atoms with Gasteiger partial charge in [-0.2, -0.15) is 0 Å². The molecule has 0 saturated carbocycles. The third-order valence-electron chi connectivity index (χ3n) is 1.61. The molecular weight excluding hydrogens is 276 g/mol. The smallest absolute Gasteiger partial charge is 0.411 e. The van der Waals surface area contributed by atoms with Gasteiger partial charge < -0.3 is 29.6 Å². The molecule has 0 aromatic carbocycles. The Morgan fingerprint density at radius 1 is 0.900 bits per heavy atom. The summed E-state index contributed by atoms with van der Waals surface area (Å²) in [6, 6.07) is 0. The van der Waals surface area contributed by atoms with Gasteiger partial charge in [-0.3, -0.25) is 14.4 Å². The lowest BCUT2D eigenvalue weighted by molar-refractivity contribution is -0.164. The molecule has 0 heterocycles. The van der Waals surface area contributed by atoms with E-state index >= 15 is 0 Å². The Balaban J connectivity index is 3.62. The molecule has 2 N–H and O–H groups in total. The maximum atomic E-state index is 11.1. The van der Waals surface area contributed by atoms with Crippen LogP contribution in [-0.2, 0) is 33.3 Å². The van der Waals surface area contributed by atoms with Gasteiger partial charge in [-0.15, -0.1) is 0 Å². The molecule has 0 aromatic rings. The Kier molecular flexibility index (Phi) is 9.31. The zero-order chi connectivity index (χ0) is 15.4. The number of esters is 2. The molecule has 0 atom stereocenters. The van der Waals surface area contributed by atoms with Gasteiger partial charge in [-0.25, -0.2) is 4.79 Å². The van der Waals surface area contributed by atoms with Crippen molar-refractivity contribution in [1.82, 2.24) is 10.6 Å². The molecule has 20 heavy (non-hydrogen) atoms. The fraction of sp³-hybridized carbons (Fsp3) is 0.600. The van der Waals surface area contributed by atoms with Gasteiger partial charge >= 0.3 is 18.0 Å². The van der Waals surface area contributed by atoms with E-state index in [1.165, 1.54) is 14.0 Å². The summed E-state index contributed by atoms with van der Waals surface area (Å²) in [6.07, 6.45) is -1.52. The van der Waals surface area contributed by atoms with E-state index in [2.05, 4.69) is 29.6 Å². The lowest BCUT2D eigenvalue weighted by atomic mass is 10.4. The average molecular weight is 292 g/mol. The Bertz CT molecular complexity index is 357. The lowest BCUT2D eigenvalue weighted by Gasteiger charge is -2.08. The van der Waals surface area contributed by atoms with Crippen LogP contribution in [0.5, 0.6) is 0 Å². The summed E-state index contributed by atoms with van der Waals surface area (Å²) in [5, 5.41) is 4.45. The van der Waals surface area contributed by atoms with Crippen molar-refractivity contribution < 1.29 is 38.1 Å². The zero-order valence-corrected chi connectivity index (χ0v) is 11.1. The summed E-state index contributed by atoms with van der Waals surface area (Å²) < 4.78 is 17.8. The van der Waals surface area contributed by atoms with Gasteiger partial charge in [0.05, 0.1) is 6.67 Å². The molecule has 10 heteroatoms. The second-order valence-electron chi connectivity index (χ2n) is 3.25. The van der Waals surface area contributed by atoms with Crippen molar-refractivity contribution in [1.29, 1.82) is 0 Å². The quantitative estimate of drug-likeness (QED) is 0.326. The minimum atomic E-state index is -0.916. The molecule has 0 aliphatic heterocycles. The molecule has 0 bridgehead atoms. The third kappa shape index (κ3) is 10.8. The van der Waals surface area contributed by atoms with Crippen LogP contribution < -0.4 is 10.6 Å². The van der Waals surface area contributed by atoms with Gasteiger partial charge in [0.1, 0.15) is 6.42 Å². The van der Waals surface area contributed by atoms with E-state index in [0.717, 1.165) is 0 Å². The van der Waals surface area contributed by atoms with E-state index in [4.69, 9.17) is 0 Å². The normalized spacial score (nSPS) is 9.30. The summed E-state index contributed by atoms with van der Waals surface area (Å²) in [4.78, 5) is 43.5. The molecule has 0 aliphatic carbocycles. The highest BCUT2D eigenvalue weighted by Crippen LogP contribution is 1.92. The van der Waals surface area contributed by atoms with E-state index in [1.807, 2.05) is 0 Å². The fourth-order valence-corrected chi connectivity index (χ4v) is 0.785. The highest BCUT2D eigenvalue weighted by Gasteiger charge is 2.12. The molecule has 0 spiro atoms. The van der Waals surface area contributed by atoms with E-state index in [1.54, 1.807) is 0 Å². The molecular formula is C10H16N2O8. The molecule has 10 nitrogen and oxygen atoms in total. The van der Waals surface area contributed by atoms with Gasteiger partial charge in [0.25, 0.3) is 0 Å². The Morgan fingerprint density at radius 3 is 2.05 bits per heavy atom. The Morgan fingerprint density at radius 2 is 1.50 bits per heavy atom. The Hall–Kier alpha value is -2.36. The summed E-state index contributed by atoms with van der Waals surface area (Å²) in [5.41, 5.74) is 0. The lowest BCUT2D eigenvalue weighted by Crippen LogP contribution is -2.36. The van der Waals surface area contributed by atoms with Crippen molar-refractivity contribution in [2.75, 3.05) is 27.4 Å². The molecule has 0 radical (unpaired) electrons. The number of carbonyl (C=O) groups is 4. The summed E-state index contributed by atoms with van der Waals surface area (Å²) >= 11 is 0. The number of ether oxygens (including phenoxy) is 4. The van der Waals surface area contributed by atoms with Gasteiger partial charge in [0, 0.05) is 14.0 Å². The monoisotopic (exact) mass is 292 g/mol. The van der Waals surface area contributed by atoms with Gasteiger partial charge in [-0.05, 0) is 0 Å². The van der Waals surface area contributed by atoms with Crippen molar-refractivity contribution in [3.05, 3.63) is 0 Å². The van der Waals surface area contributed by atoms with Crippen molar-refractivity contribution in [3.8, 4) is 0 Å². The second kappa shape index (κ2) is 10.6. The predicted molar refractivity (Wildman–Crippen MR) is 61.8 cm³/mol. The maximum Gasteiger partial charge on any atom is 0.411 e. The molecule has 2 amide bonds. The van der Waals surface area contributed by atoms with Crippen molar-refractivity contribution in [3.63, 3.8) is 0 Å². The van der Waals surface area contributed by atoms with Gasteiger partial charge in [0.15, 0.2) is 6.79 Å². The summed E-state index contributed by atoms with van der Waals surface area (Å²) in [7, 11) is 1.32. The minimum absolute atomic E-state index is 0.120. The summed E-state index contributed by atoms with van der Waals surface area (Å²) in [5.74, 6) is -2.07. The van der Waals surface area contributed by atoms with Crippen LogP contribution in [-0.4, -0.2) is 51.3 Å². The molecule has 0 saturated heterocycles.